The number of alkyl carbamates (subject to hydrolysis) is 1. The van der Waals surface area contributed by atoms with Gasteiger partial charge in [0.05, 0.1) is 36.2 Å². The minimum absolute atomic E-state index is 0.0258. The molecular formula is C42H43F8N7O6. The van der Waals surface area contributed by atoms with Crippen LogP contribution in [0.2, 0.25) is 0 Å². The van der Waals surface area contributed by atoms with Gasteiger partial charge in [-0.2, -0.15) is 23.1 Å². The number of hydrogen-bond acceptors (Lipinski definition) is 11. The molecule has 6 bridgehead atoms. The molecule has 2 amide bonds. The number of methoxy groups -OCH3 is 1. The average molecular weight is 894 g/mol. The maximum absolute atomic E-state index is 17.6. The maximum Gasteiger partial charge on any atom is 0.419 e. The minimum Gasteiger partial charge on any atom is -0.461 e. The SMILES string of the molecule is COC1(C(F)(F)F)CCN(C(=O)Oc2cc3c4c(c(F)ccc4c2)CCCOC(=O)N[C@@]2(C)CN(CC(F)(F)C2)c2nc(OC[C@@]45CCCN4C[C@H](F)C5)nc4c(F)c-3ncc24)C1. The molecule has 4 fully saturated rings. The molecule has 10 rings (SSSR count). The molecule has 8 heterocycles. The molecule has 0 spiro atoms. The largest absolute Gasteiger partial charge is 0.461 e. The third kappa shape index (κ3) is 7.77. The molecule has 0 radical (unpaired) electrons. The Hall–Kier alpha value is -5.31. The Morgan fingerprint density at radius 1 is 1.06 bits per heavy atom. The zero-order chi connectivity index (χ0) is 44.7. The van der Waals surface area contributed by atoms with E-state index in [1.165, 1.54) is 30.0 Å². The van der Waals surface area contributed by atoms with E-state index in [1.807, 2.05) is 4.90 Å². The molecule has 1 N–H and O–H groups in total. The lowest BCUT2D eigenvalue weighted by atomic mass is 9.88. The number of halogens is 8. The third-order valence-corrected chi connectivity index (χ3v) is 13.0. The van der Waals surface area contributed by atoms with E-state index in [0.29, 0.717) is 13.0 Å². The van der Waals surface area contributed by atoms with Crippen LogP contribution in [-0.4, -0.2) is 131 Å². The Morgan fingerprint density at radius 3 is 2.63 bits per heavy atom. The number of likely N-dealkylation sites (tertiary alicyclic amines) is 1. The number of carbonyl (C=O) groups excluding carboxylic acids is 2. The molecule has 13 nitrogen and oxygen atoms in total. The van der Waals surface area contributed by atoms with Crippen molar-refractivity contribution in [1.29, 1.82) is 0 Å². The van der Waals surface area contributed by atoms with Crippen LogP contribution in [0.15, 0.2) is 30.5 Å². The molecule has 4 aromatic rings. The molecule has 0 aliphatic carbocycles. The molecule has 2 aromatic carbocycles. The number of nitrogens with one attached hydrogen (secondary N) is 1. The number of ether oxygens (including phenoxy) is 4. The summed E-state index contributed by atoms with van der Waals surface area (Å²) >= 11 is 0. The Kier molecular flexibility index (Phi) is 10.5. The zero-order valence-electron chi connectivity index (χ0n) is 34.2. The molecule has 6 aliphatic heterocycles. The summed E-state index contributed by atoms with van der Waals surface area (Å²) in [5.41, 5.74) is -5.87. The number of fused-ring (bicyclic) bond motifs is 7. The van der Waals surface area contributed by atoms with Gasteiger partial charge in [-0.15, -0.1) is 0 Å². The Labute approximate surface area is 355 Å². The molecule has 4 saturated heterocycles. The fourth-order valence-electron chi connectivity index (χ4n) is 10.1. The summed E-state index contributed by atoms with van der Waals surface area (Å²) in [6.07, 6.45) is -6.74. The van der Waals surface area contributed by atoms with Crippen LogP contribution in [0.3, 0.4) is 0 Å². The summed E-state index contributed by atoms with van der Waals surface area (Å²) in [4.78, 5) is 43.9. The summed E-state index contributed by atoms with van der Waals surface area (Å²) in [6.45, 7) is -0.468. The summed E-state index contributed by atoms with van der Waals surface area (Å²) < 4.78 is 144. The fourth-order valence-corrected chi connectivity index (χ4v) is 10.1. The van der Waals surface area contributed by atoms with Gasteiger partial charge in [0.2, 0.25) is 0 Å². The summed E-state index contributed by atoms with van der Waals surface area (Å²) in [5, 5.41) is 2.76. The van der Waals surface area contributed by atoms with Crippen LogP contribution in [0.1, 0.15) is 51.0 Å². The number of nitrogens with zero attached hydrogens (tertiary/aromatic N) is 6. The van der Waals surface area contributed by atoms with Gasteiger partial charge in [0.1, 0.15) is 41.4 Å². The van der Waals surface area contributed by atoms with Crippen molar-refractivity contribution in [2.45, 2.75) is 86.8 Å². The average Bonchev–Trinajstić information content (AvgIpc) is 3.91. The number of benzene rings is 2. The molecule has 6 aliphatic rings. The van der Waals surface area contributed by atoms with Gasteiger partial charge < -0.3 is 34.1 Å². The predicted molar refractivity (Wildman–Crippen MR) is 210 cm³/mol. The fraction of sp³-hybridized carbons (Fsp3) is 0.548. The van der Waals surface area contributed by atoms with Gasteiger partial charge in [0, 0.05) is 57.8 Å². The first-order valence-corrected chi connectivity index (χ1v) is 20.6. The normalized spacial score (nSPS) is 27.5. The number of carbonyl (C=O) groups is 2. The van der Waals surface area contributed by atoms with Crippen LogP contribution < -0.4 is 19.7 Å². The number of amides is 2. The second kappa shape index (κ2) is 15.4. The van der Waals surface area contributed by atoms with Crippen molar-refractivity contribution in [2.75, 3.05) is 64.5 Å². The number of aryl methyl sites for hydroxylation is 1. The lowest BCUT2D eigenvalue weighted by molar-refractivity contribution is -0.263. The number of rotatable bonds is 5. The molecule has 4 atom stereocenters. The summed E-state index contributed by atoms with van der Waals surface area (Å²) in [5.74, 6) is -5.71. The highest BCUT2D eigenvalue weighted by Crippen LogP contribution is 2.45. The second-order valence-electron chi connectivity index (χ2n) is 17.5. The van der Waals surface area contributed by atoms with Crippen molar-refractivity contribution < 1.29 is 63.7 Å². The van der Waals surface area contributed by atoms with E-state index in [2.05, 4.69) is 20.3 Å². The number of piperidine rings is 1. The molecule has 338 valence electrons. The van der Waals surface area contributed by atoms with Crippen LogP contribution in [0.4, 0.5) is 50.5 Å². The van der Waals surface area contributed by atoms with Gasteiger partial charge in [0.25, 0.3) is 5.92 Å². The second-order valence-corrected chi connectivity index (χ2v) is 17.5. The highest BCUT2D eigenvalue weighted by Gasteiger charge is 2.60. The number of hydrogen-bond donors (Lipinski definition) is 1. The molecular weight excluding hydrogens is 850 g/mol. The van der Waals surface area contributed by atoms with Crippen LogP contribution in [0.25, 0.3) is 32.9 Å². The maximum atomic E-state index is 17.6. The van der Waals surface area contributed by atoms with Gasteiger partial charge in [-0.25, -0.2) is 31.5 Å². The van der Waals surface area contributed by atoms with E-state index in [9.17, 15) is 27.2 Å². The van der Waals surface area contributed by atoms with E-state index in [1.54, 1.807) is 0 Å². The third-order valence-electron chi connectivity index (χ3n) is 13.0. The Bertz CT molecular complexity index is 2500. The lowest BCUT2D eigenvalue weighted by Crippen LogP contribution is -2.63. The van der Waals surface area contributed by atoms with Crippen molar-refractivity contribution >= 4 is 39.7 Å². The number of aromatic nitrogens is 3. The van der Waals surface area contributed by atoms with Crippen LogP contribution in [0, 0.1) is 11.6 Å². The summed E-state index contributed by atoms with van der Waals surface area (Å²) in [6, 6.07) is 4.59. The van der Waals surface area contributed by atoms with Crippen molar-refractivity contribution in [3.05, 3.63) is 47.7 Å². The standard InChI is InChI=1S/C42H43F8N7O6/c1-38-18-41(46,47)21-56(19-38)34-28-16-51-32(31(45)33(28)52-35(53-34)62-22-39-8-4-10-57(39)17-24(43)15-39)27-14-25(63-37(59)55-11-9-40(20-55,60-2)42(48,49)50)13-23-6-7-29(44)26(30(23)27)5-3-12-61-36(58)54-38/h6-7,13-14,16,24H,3-5,8-12,15,17-22H2,1-2H3,(H,54,58)/t24-,38-,39+,40?/m1/s1. The van der Waals surface area contributed by atoms with E-state index < -0.39 is 102 Å². The van der Waals surface area contributed by atoms with E-state index in [4.69, 9.17) is 18.9 Å². The van der Waals surface area contributed by atoms with Gasteiger partial charge >= 0.3 is 24.4 Å². The van der Waals surface area contributed by atoms with Crippen molar-refractivity contribution in [2.24, 2.45) is 0 Å². The van der Waals surface area contributed by atoms with Crippen LogP contribution >= 0.6 is 0 Å². The van der Waals surface area contributed by atoms with Crippen molar-refractivity contribution in [3.63, 3.8) is 0 Å². The Balaban J connectivity index is 1.20. The highest BCUT2D eigenvalue weighted by molar-refractivity contribution is 6.02. The lowest BCUT2D eigenvalue weighted by Gasteiger charge is -2.44. The molecule has 21 heteroatoms. The van der Waals surface area contributed by atoms with Gasteiger partial charge in [-0.1, -0.05) is 6.07 Å². The quantitative estimate of drug-likeness (QED) is 0.200. The van der Waals surface area contributed by atoms with Crippen LogP contribution in [0.5, 0.6) is 11.8 Å². The smallest absolute Gasteiger partial charge is 0.419 e. The van der Waals surface area contributed by atoms with E-state index in [-0.39, 0.29) is 91.0 Å². The van der Waals surface area contributed by atoms with E-state index in [0.717, 1.165) is 30.7 Å². The van der Waals surface area contributed by atoms with Gasteiger partial charge in [-0.05, 0) is 73.7 Å². The predicted octanol–water partition coefficient (Wildman–Crippen LogP) is 7.51. The molecule has 63 heavy (non-hydrogen) atoms. The van der Waals surface area contributed by atoms with Crippen molar-refractivity contribution in [3.8, 4) is 23.0 Å². The topological polar surface area (TPSA) is 131 Å². The first kappa shape index (κ1) is 43.0. The van der Waals surface area contributed by atoms with E-state index >= 15 is 17.6 Å². The number of anilines is 1. The van der Waals surface area contributed by atoms with Gasteiger partial charge in [-0.3, -0.25) is 9.88 Å². The first-order chi connectivity index (χ1) is 29.8. The molecule has 1 unspecified atom stereocenters. The Morgan fingerprint density at radius 2 is 1.87 bits per heavy atom. The summed E-state index contributed by atoms with van der Waals surface area (Å²) in [7, 11) is 0.898. The minimum atomic E-state index is -4.80. The highest BCUT2D eigenvalue weighted by atomic mass is 19.4. The molecule has 2 aromatic heterocycles. The number of pyridine rings is 1. The first-order valence-electron chi connectivity index (χ1n) is 20.6. The number of alkyl halides is 6. The van der Waals surface area contributed by atoms with Crippen LogP contribution in [-0.2, 0) is 15.9 Å². The van der Waals surface area contributed by atoms with Crippen molar-refractivity contribution in [1.82, 2.24) is 30.1 Å². The monoisotopic (exact) mass is 893 g/mol. The zero-order valence-corrected chi connectivity index (χ0v) is 34.2. The van der Waals surface area contributed by atoms with Gasteiger partial charge in [0.15, 0.2) is 11.4 Å². The molecule has 0 saturated carbocycles.